The number of oxime groups is 1. The van der Waals surface area contributed by atoms with Crippen LogP contribution in [0, 0.1) is 0 Å². The van der Waals surface area contributed by atoms with E-state index in [4.69, 9.17) is 9.57 Å². The Morgan fingerprint density at radius 1 is 1.12 bits per heavy atom. The molecule has 9 heteroatoms. The molecule has 0 fully saturated rings. The maximum Gasteiger partial charge on any atom is 0.304 e. The fourth-order valence-electron chi connectivity index (χ4n) is 3.15. The lowest BCUT2D eigenvalue weighted by molar-refractivity contribution is -0.122. The average Bonchev–Trinajstić information content (AvgIpc) is 3.09. The Morgan fingerprint density at radius 3 is 2.53 bits per heavy atom. The summed E-state index contributed by atoms with van der Waals surface area (Å²) in [4.78, 5) is 19.2. The number of aromatic hydroxyl groups is 1. The molecule has 1 N–H and O–H groups in total. The molecule has 0 aliphatic heterocycles. The molecule has 2 aromatic carbocycles. The van der Waals surface area contributed by atoms with E-state index >= 15 is 0 Å². The van der Waals surface area contributed by atoms with E-state index in [0.29, 0.717) is 12.1 Å². The molecular weight excluding hydrogens is 410 g/mol. The quantitative estimate of drug-likeness (QED) is 0.289. The zero-order valence-electron chi connectivity index (χ0n) is 18.4. The number of methoxy groups -OCH3 is 1. The van der Waals surface area contributed by atoms with Crippen molar-refractivity contribution in [2.24, 2.45) is 15.4 Å². The Morgan fingerprint density at radius 2 is 1.84 bits per heavy atom. The summed E-state index contributed by atoms with van der Waals surface area (Å²) in [5.41, 5.74) is 1.87. The third-order valence-corrected chi connectivity index (χ3v) is 4.99. The van der Waals surface area contributed by atoms with Crippen molar-refractivity contribution in [1.29, 1.82) is 0 Å². The van der Waals surface area contributed by atoms with E-state index in [2.05, 4.69) is 34.1 Å². The van der Waals surface area contributed by atoms with Gasteiger partial charge < -0.3 is 14.7 Å². The van der Waals surface area contributed by atoms with Crippen LogP contribution in [-0.2, 0) is 16.3 Å². The van der Waals surface area contributed by atoms with Gasteiger partial charge in [0.25, 0.3) is 0 Å². The van der Waals surface area contributed by atoms with E-state index in [1.165, 1.54) is 6.21 Å². The summed E-state index contributed by atoms with van der Waals surface area (Å²) in [7, 11) is 1.59. The number of fused-ring (bicyclic) bond motifs is 1. The molecule has 0 saturated carbocycles. The molecule has 168 valence electrons. The van der Waals surface area contributed by atoms with E-state index in [1.54, 1.807) is 23.8 Å². The maximum absolute atomic E-state index is 12.1. The van der Waals surface area contributed by atoms with E-state index < -0.39 is 5.91 Å². The number of nitrogens with zero attached hydrogens (tertiary/aromatic N) is 5. The fourth-order valence-corrected chi connectivity index (χ4v) is 3.15. The first-order chi connectivity index (χ1) is 15.6. The summed E-state index contributed by atoms with van der Waals surface area (Å²) in [5, 5.41) is 22.9. The van der Waals surface area contributed by atoms with Gasteiger partial charge in [-0.05, 0) is 49.0 Å². The van der Waals surface area contributed by atoms with Crippen LogP contribution in [0.15, 0.2) is 63.9 Å². The van der Waals surface area contributed by atoms with Crippen molar-refractivity contribution in [2.75, 3.05) is 26.8 Å². The first-order valence-corrected chi connectivity index (χ1v) is 10.3. The minimum atomic E-state index is -0.614. The molecule has 1 aromatic heterocycles. The van der Waals surface area contributed by atoms with Gasteiger partial charge in [0.1, 0.15) is 5.75 Å². The molecule has 0 aliphatic carbocycles. The number of benzene rings is 2. The number of para-hydroxylation sites is 1. The van der Waals surface area contributed by atoms with Gasteiger partial charge in [0, 0.05) is 5.39 Å². The van der Waals surface area contributed by atoms with Crippen LogP contribution in [0.25, 0.3) is 10.9 Å². The number of rotatable bonds is 10. The zero-order valence-corrected chi connectivity index (χ0v) is 18.4. The second-order valence-corrected chi connectivity index (χ2v) is 6.94. The summed E-state index contributed by atoms with van der Waals surface area (Å²) in [6.45, 7) is 5.94. The van der Waals surface area contributed by atoms with E-state index in [-0.39, 0.29) is 18.2 Å². The summed E-state index contributed by atoms with van der Waals surface area (Å²) in [6, 6.07) is 14.7. The molecule has 3 aromatic rings. The van der Waals surface area contributed by atoms with Crippen molar-refractivity contribution >= 4 is 28.7 Å². The molecule has 1 heterocycles. The van der Waals surface area contributed by atoms with Gasteiger partial charge in [0.2, 0.25) is 5.88 Å². The highest BCUT2D eigenvalue weighted by Gasteiger charge is 2.18. The number of azo groups is 1. The number of hydrogen-bond acceptors (Lipinski definition) is 7. The third kappa shape index (κ3) is 5.50. The number of carbonyl (C=O) groups is 1. The second kappa shape index (κ2) is 11.1. The molecule has 32 heavy (non-hydrogen) atoms. The minimum absolute atomic E-state index is 0.0342. The molecule has 0 radical (unpaired) electrons. The minimum Gasteiger partial charge on any atom is -0.497 e. The first kappa shape index (κ1) is 23.0. The van der Waals surface area contributed by atoms with Crippen LogP contribution in [0.4, 0.5) is 5.69 Å². The van der Waals surface area contributed by atoms with Crippen LogP contribution >= 0.6 is 0 Å². The smallest absolute Gasteiger partial charge is 0.304 e. The predicted octanol–water partition coefficient (Wildman–Crippen LogP) is 4.32. The number of amides is 1. The number of hydrogen-bond donors (Lipinski definition) is 1. The number of aromatic nitrogens is 1. The Bertz CT molecular complexity index is 1100. The summed E-state index contributed by atoms with van der Waals surface area (Å²) >= 11 is 0. The fraction of sp³-hybridized carbons (Fsp3) is 0.304. The summed E-state index contributed by atoms with van der Waals surface area (Å²) in [5.74, 6) is 0.0883. The Hall–Kier alpha value is -3.72. The molecular formula is C23H27N5O4. The average molecular weight is 438 g/mol. The normalized spacial score (nSPS) is 11.8. The Kier molecular flexibility index (Phi) is 7.93. The molecule has 0 aliphatic rings. The first-order valence-electron chi connectivity index (χ1n) is 10.3. The van der Waals surface area contributed by atoms with Crippen LogP contribution in [0.1, 0.15) is 19.4 Å². The van der Waals surface area contributed by atoms with Gasteiger partial charge in [-0.3, -0.25) is 14.3 Å². The predicted molar refractivity (Wildman–Crippen MR) is 123 cm³/mol. The van der Waals surface area contributed by atoms with Gasteiger partial charge in [0.15, 0.2) is 12.3 Å². The highest BCUT2D eigenvalue weighted by atomic mass is 16.6. The monoisotopic (exact) mass is 437 g/mol. The van der Waals surface area contributed by atoms with E-state index in [0.717, 1.165) is 29.9 Å². The van der Waals surface area contributed by atoms with Gasteiger partial charge in [-0.15, -0.1) is 10.2 Å². The number of carbonyl (C=O) groups excluding carboxylic acids is 1. The van der Waals surface area contributed by atoms with Crippen molar-refractivity contribution in [1.82, 2.24) is 9.47 Å². The van der Waals surface area contributed by atoms with Gasteiger partial charge in [0.05, 0.1) is 25.5 Å². The molecule has 3 rings (SSSR count). The summed E-state index contributed by atoms with van der Waals surface area (Å²) in [6.07, 6.45) is 1.48. The van der Waals surface area contributed by atoms with Gasteiger partial charge in [-0.25, -0.2) is 0 Å². The molecule has 0 spiro atoms. The zero-order chi connectivity index (χ0) is 22.9. The Labute approximate surface area is 186 Å². The van der Waals surface area contributed by atoms with Crippen LogP contribution in [0.5, 0.6) is 11.6 Å². The van der Waals surface area contributed by atoms with Crippen LogP contribution in [-0.4, -0.2) is 53.5 Å². The van der Waals surface area contributed by atoms with E-state index in [1.807, 2.05) is 36.4 Å². The summed E-state index contributed by atoms with van der Waals surface area (Å²) < 4.78 is 6.85. The molecule has 0 bridgehead atoms. The van der Waals surface area contributed by atoms with E-state index in [9.17, 15) is 9.90 Å². The van der Waals surface area contributed by atoms with Crippen molar-refractivity contribution in [3.05, 3.63) is 54.1 Å². The lowest BCUT2D eigenvalue weighted by Gasteiger charge is -2.19. The lowest BCUT2D eigenvalue weighted by Crippen LogP contribution is -2.25. The van der Waals surface area contributed by atoms with Gasteiger partial charge in [-0.2, -0.15) is 0 Å². The molecule has 0 saturated heterocycles. The van der Waals surface area contributed by atoms with Crippen molar-refractivity contribution in [2.45, 2.75) is 20.5 Å². The van der Waals surface area contributed by atoms with Crippen molar-refractivity contribution < 1.29 is 19.5 Å². The van der Waals surface area contributed by atoms with Crippen LogP contribution < -0.4 is 4.74 Å². The molecule has 1 amide bonds. The van der Waals surface area contributed by atoms with Crippen LogP contribution in [0.3, 0.4) is 0 Å². The highest BCUT2D eigenvalue weighted by Crippen LogP contribution is 2.38. The molecule has 0 unspecified atom stereocenters. The SMILES string of the molecule is CCN(CC)Cn1c(O)c(N=NC(=O)CO/N=C/c2ccc(OC)cc2)c2ccccc21. The Balaban J connectivity index is 1.67. The number of ether oxygens (including phenoxy) is 1. The molecule has 9 nitrogen and oxygen atoms in total. The standard InChI is InChI=1S/C23H27N5O4/c1-4-27(5-2)16-28-20-9-7-6-8-19(20)22(23(28)30)26-25-21(29)15-32-24-14-17-10-12-18(31-3)13-11-17/h6-14,30H,4-5,15-16H2,1-3H3/b24-14+,26-25?. The third-order valence-electron chi connectivity index (χ3n) is 4.99. The lowest BCUT2D eigenvalue weighted by atomic mass is 10.2. The molecule has 0 atom stereocenters. The second-order valence-electron chi connectivity index (χ2n) is 6.94. The topological polar surface area (TPSA) is 101 Å². The van der Waals surface area contributed by atoms with Crippen molar-refractivity contribution in [3.63, 3.8) is 0 Å². The van der Waals surface area contributed by atoms with Gasteiger partial charge >= 0.3 is 5.91 Å². The largest absolute Gasteiger partial charge is 0.497 e. The van der Waals surface area contributed by atoms with Gasteiger partial charge in [-0.1, -0.05) is 37.2 Å². The maximum atomic E-state index is 12.1. The highest BCUT2D eigenvalue weighted by molar-refractivity contribution is 5.95. The van der Waals surface area contributed by atoms with Crippen LogP contribution in [0.2, 0.25) is 0 Å². The van der Waals surface area contributed by atoms with Crippen molar-refractivity contribution in [3.8, 4) is 11.6 Å².